The number of nitrogens with one attached hydrogen (secondary N) is 3. The molecule has 0 spiro atoms. The van der Waals surface area contributed by atoms with Crippen molar-refractivity contribution in [3.63, 3.8) is 0 Å². The first-order valence-corrected chi connectivity index (χ1v) is 5.64. The first kappa shape index (κ1) is 12.9. The van der Waals surface area contributed by atoms with Crippen molar-refractivity contribution in [3.05, 3.63) is 0 Å². The van der Waals surface area contributed by atoms with Gasteiger partial charge in [-0.1, -0.05) is 6.42 Å². The van der Waals surface area contributed by atoms with Crippen molar-refractivity contribution in [2.75, 3.05) is 26.2 Å². The van der Waals surface area contributed by atoms with Crippen molar-refractivity contribution in [1.29, 1.82) is 0 Å². The van der Waals surface area contributed by atoms with Crippen molar-refractivity contribution >= 4 is 11.8 Å². The van der Waals surface area contributed by atoms with Crippen LogP contribution < -0.4 is 16.0 Å². The van der Waals surface area contributed by atoms with Gasteiger partial charge in [0.25, 0.3) is 0 Å². The van der Waals surface area contributed by atoms with Gasteiger partial charge in [-0.25, -0.2) is 0 Å². The molecule has 6 nitrogen and oxygen atoms in total. The smallest absolute Gasteiger partial charge is 0.309 e. The SMILES string of the molecule is O=C(NCCO)C(=O)NCC1CCCCN1. The first-order chi connectivity index (χ1) is 7.74. The molecule has 1 atom stereocenters. The Morgan fingerprint density at radius 1 is 1.25 bits per heavy atom. The molecule has 2 amide bonds. The summed E-state index contributed by atoms with van der Waals surface area (Å²) in [5.74, 6) is -1.33. The molecule has 0 aromatic heterocycles. The van der Waals surface area contributed by atoms with E-state index in [1.54, 1.807) is 0 Å². The van der Waals surface area contributed by atoms with Crippen molar-refractivity contribution in [1.82, 2.24) is 16.0 Å². The standard InChI is InChI=1S/C10H19N3O3/c14-6-5-12-9(15)10(16)13-7-8-3-1-2-4-11-8/h8,11,14H,1-7H2,(H,12,15)(H,13,16). The number of hydrogen-bond donors (Lipinski definition) is 4. The van der Waals surface area contributed by atoms with Crippen molar-refractivity contribution in [3.8, 4) is 0 Å². The van der Waals surface area contributed by atoms with Gasteiger partial charge in [0.2, 0.25) is 0 Å². The van der Waals surface area contributed by atoms with Gasteiger partial charge in [-0.2, -0.15) is 0 Å². The maximum atomic E-state index is 11.3. The molecule has 0 aliphatic carbocycles. The van der Waals surface area contributed by atoms with Crippen LogP contribution in [0, 0.1) is 0 Å². The topological polar surface area (TPSA) is 90.5 Å². The molecule has 0 radical (unpaired) electrons. The highest BCUT2D eigenvalue weighted by molar-refractivity contribution is 6.35. The minimum atomic E-state index is -0.690. The predicted octanol–water partition coefficient (Wildman–Crippen LogP) is -1.65. The number of carbonyl (C=O) groups excluding carboxylic acids is 2. The maximum Gasteiger partial charge on any atom is 0.309 e. The second-order valence-corrected chi connectivity index (χ2v) is 3.84. The summed E-state index contributed by atoms with van der Waals surface area (Å²) in [4.78, 5) is 22.4. The molecule has 1 aliphatic heterocycles. The summed E-state index contributed by atoms with van der Waals surface area (Å²) in [7, 11) is 0. The minimum Gasteiger partial charge on any atom is -0.395 e. The number of rotatable bonds is 4. The fraction of sp³-hybridized carbons (Fsp3) is 0.800. The van der Waals surface area contributed by atoms with Crippen LogP contribution in [0.5, 0.6) is 0 Å². The Kier molecular flexibility index (Phi) is 5.81. The lowest BCUT2D eigenvalue weighted by Crippen LogP contribution is -2.47. The Bertz CT molecular complexity index is 239. The second-order valence-electron chi connectivity index (χ2n) is 3.84. The third kappa shape index (κ3) is 4.59. The number of amides is 2. The van der Waals surface area contributed by atoms with Gasteiger partial charge in [0.1, 0.15) is 0 Å². The number of aliphatic hydroxyl groups excluding tert-OH is 1. The van der Waals surface area contributed by atoms with Gasteiger partial charge >= 0.3 is 11.8 Å². The molecule has 16 heavy (non-hydrogen) atoms. The van der Waals surface area contributed by atoms with Crippen molar-refractivity contribution in [2.45, 2.75) is 25.3 Å². The predicted molar refractivity (Wildman–Crippen MR) is 58.7 cm³/mol. The molecule has 1 saturated heterocycles. The zero-order chi connectivity index (χ0) is 11.8. The average Bonchev–Trinajstić information content (AvgIpc) is 2.34. The lowest BCUT2D eigenvalue weighted by atomic mass is 10.1. The molecule has 0 aromatic rings. The third-order valence-electron chi connectivity index (χ3n) is 2.52. The van der Waals surface area contributed by atoms with Gasteiger partial charge in [0.15, 0.2) is 0 Å². The fourth-order valence-corrected chi connectivity index (χ4v) is 1.64. The van der Waals surface area contributed by atoms with Gasteiger partial charge in [-0.15, -0.1) is 0 Å². The van der Waals surface area contributed by atoms with Crippen LogP contribution in [0.1, 0.15) is 19.3 Å². The van der Waals surface area contributed by atoms with E-state index in [-0.39, 0.29) is 19.2 Å². The molecular formula is C10H19N3O3. The normalized spacial score (nSPS) is 20.2. The van der Waals surface area contributed by atoms with Crippen LogP contribution in [-0.4, -0.2) is 49.2 Å². The Morgan fingerprint density at radius 3 is 2.62 bits per heavy atom. The Labute approximate surface area is 94.8 Å². The summed E-state index contributed by atoms with van der Waals surface area (Å²) in [5, 5.41) is 16.6. The van der Waals surface area contributed by atoms with E-state index in [4.69, 9.17) is 5.11 Å². The average molecular weight is 229 g/mol. The molecule has 1 heterocycles. The van der Waals surface area contributed by atoms with E-state index >= 15 is 0 Å². The summed E-state index contributed by atoms with van der Waals surface area (Å²) >= 11 is 0. The summed E-state index contributed by atoms with van der Waals surface area (Å²) in [6, 6.07) is 0.267. The third-order valence-corrected chi connectivity index (χ3v) is 2.52. The molecule has 0 saturated carbocycles. The van der Waals surface area contributed by atoms with Gasteiger partial charge in [-0.3, -0.25) is 9.59 Å². The number of hydrogen-bond acceptors (Lipinski definition) is 4. The van der Waals surface area contributed by atoms with E-state index in [0.29, 0.717) is 6.54 Å². The van der Waals surface area contributed by atoms with E-state index in [1.165, 1.54) is 6.42 Å². The van der Waals surface area contributed by atoms with E-state index in [9.17, 15) is 9.59 Å². The van der Waals surface area contributed by atoms with Gasteiger partial charge < -0.3 is 21.1 Å². The molecule has 0 aromatic carbocycles. The van der Waals surface area contributed by atoms with E-state index in [1.807, 2.05) is 0 Å². The lowest BCUT2D eigenvalue weighted by molar-refractivity contribution is -0.139. The first-order valence-electron chi connectivity index (χ1n) is 5.64. The lowest BCUT2D eigenvalue weighted by Gasteiger charge is -2.23. The van der Waals surface area contributed by atoms with E-state index in [2.05, 4.69) is 16.0 Å². The maximum absolute atomic E-state index is 11.3. The van der Waals surface area contributed by atoms with Crippen LogP contribution in [0.25, 0.3) is 0 Å². The van der Waals surface area contributed by atoms with Gasteiger partial charge in [0, 0.05) is 19.1 Å². The zero-order valence-corrected chi connectivity index (χ0v) is 9.29. The Balaban J connectivity index is 2.15. The van der Waals surface area contributed by atoms with Gasteiger partial charge in [0.05, 0.1) is 6.61 Å². The quantitative estimate of drug-likeness (QED) is 0.435. The molecular weight excluding hydrogens is 210 g/mol. The summed E-state index contributed by atoms with van der Waals surface area (Å²) in [6.45, 7) is 1.39. The summed E-state index contributed by atoms with van der Waals surface area (Å²) in [5.41, 5.74) is 0. The van der Waals surface area contributed by atoms with Crippen molar-refractivity contribution in [2.24, 2.45) is 0 Å². The molecule has 0 bridgehead atoms. The fourth-order valence-electron chi connectivity index (χ4n) is 1.64. The van der Waals surface area contributed by atoms with Crippen LogP contribution in [0.4, 0.5) is 0 Å². The van der Waals surface area contributed by atoms with E-state index < -0.39 is 11.8 Å². The number of aliphatic hydroxyl groups is 1. The minimum absolute atomic E-state index is 0.105. The molecule has 1 rings (SSSR count). The van der Waals surface area contributed by atoms with E-state index in [0.717, 1.165) is 19.4 Å². The molecule has 1 unspecified atom stereocenters. The Morgan fingerprint density at radius 2 is 2.00 bits per heavy atom. The highest BCUT2D eigenvalue weighted by atomic mass is 16.3. The Hall–Kier alpha value is -1.14. The van der Waals surface area contributed by atoms with Crippen LogP contribution in [0.3, 0.4) is 0 Å². The molecule has 1 aliphatic rings. The van der Waals surface area contributed by atoms with Crippen LogP contribution in [-0.2, 0) is 9.59 Å². The molecule has 1 fully saturated rings. The number of piperidine rings is 1. The highest BCUT2D eigenvalue weighted by Crippen LogP contribution is 2.05. The summed E-state index contributed by atoms with van der Waals surface area (Å²) < 4.78 is 0. The molecule has 92 valence electrons. The number of carbonyl (C=O) groups is 2. The van der Waals surface area contributed by atoms with Gasteiger partial charge in [-0.05, 0) is 19.4 Å². The molecule has 6 heteroatoms. The van der Waals surface area contributed by atoms with Crippen LogP contribution >= 0.6 is 0 Å². The van der Waals surface area contributed by atoms with Crippen LogP contribution in [0.15, 0.2) is 0 Å². The monoisotopic (exact) mass is 229 g/mol. The zero-order valence-electron chi connectivity index (χ0n) is 9.29. The highest BCUT2D eigenvalue weighted by Gasteiger charge is 2.16. The largest absolute Gasteiger partial charge is 0.395 e. The second kappa shape index (κ2) is 7.19. The summed E-state index contributed by atoms with van der Waals surface area (Å²) in [6.07, 6.45) is 3.35. The van der Waals surface area contributed by atoms with Crippen LogP contribution in [0.2, 0.25) is 0 Å². The van der Waals surface area contributed by atoms with Crippen molar-refractivity contribution < 1.29 is 14.7 Å². The molecule has 4 N–H and O–H groups in total.